The molecule has 2 N–H and O–H groups in total. The lowest BCUT2D eigenvalue weighted by Crippen LogP contribution is -2.24. The van der Waals surface area contributed by atoms with Crippen molar-refractivity contribution in [3.05, 3.63) is 70.5 Å². The van der Waals surface area contributed by atoms with Crippen LogP contribution in [0.15, 0.2) is 52.9 Å². The van der Waals surface area contributed by atoms with Crippen molar-refractivity contribution in [1.82, 2.24) is 15.5 Å². The topological polar surface area (TPSA) is 84.0 Å². The molecule has 0 fully saturated rings. The van der Waals surface area contributed by atoms with Crippen molar-refractivity contribution in [1.29, 1.82) is 0 Å². The lowest BCUT2D eigenvalue weighted by Gasteiger charge is -2.04. The van der Waals surface area contributed by atoms with Crippen LogP contribution >= 0.6 is 23.1 Å². The summed E-state index contributed by atoms with van der Waals surface area (Å²) in [6.45, 7) is 2.47. The number of aryl methyl sites for hydroxylation is 1. The highest BCUT2D eigenvalue weighted by molar-refractivity contribution is 8.01. The maximum Gasteiger partial charge on any atom is 0.286 e. The van der Waals surface area contributed by atoms with Gasteiger partial charge in [0, 0.05) is 12.2 Å². The first-order valence-electron chi connectivity index (χ1n) is 8.35. The number of hydrogen-bond acceptors (Lipinski definition) is 6. The Morgan fingerprint density at radius 2 is 1.79 bits per heavy atom. The van der Waals surface area contributed by atoms with Gasteiger partial charge in [0.2, 0.25) is 10.9 Å². The van der Waals surface area contributed by atoms with Crippen molar-refractivity contribution in [3.8, 4) is 0 Å². The number of hydrogen-bond donors (Lipinski definition) is 2. The van der Waals surface area contributed by atoms with Gasteiger partial charge in [0.25, 0.3) is 5.91 Å². The van der Waals surface area contributed by atoms with E-state index in [1.54, 1.807) is 0 Å². The molecule has 0 radical (unpaired) electrons. The molecule has 9 heteroatoms. The van der Waals surface area contributed by atoms with Gasteiger partial charge in [-0.15, -0.1) is 10.2 Å². The molecule has 1 aromatic heterocycles. The molecule has 0 saturated carbocycles. The number of aromatic nitrogens is 2. The van der Waals surface area contributed by atoms with E-state index in [-0.39, 0.29) is 22.5 Å². The lowest BCUT2D eigenvalue weighted by molar-refractivity contribution is -0.118. The first-order chi connectivity index (χ1) is 13.5. The Bertz CT molecular complexity index is 959. The van der Waals surface area contributed by atoms with Gasteiger partial charge in [0.15, 0.2) is 4.34 Å². The van der Waals surface area contributed by atoms with E-state index < -0.39 is 5.91 Å². The van der Waals surface area contributed by atoms with E-state index in [0.29, 0.717) is 16.6 Å². The molecule has 0 saturated heterocycles. The molecule has 0 spiro atoms. The lowest BCUT2D eigenvalue weighted by atomic mass is 10.1. The summed E-state index contributed by atoms with van der Waals surface area (Å²) in [6.07, 6.45) is 0. The molecule has 6 nitrogen and oxygen atoms in total. The van der Waals surface area contributed by atoms with Gasteiger partial charge in [0.1, 0.15) is 5.82 Å². The fourth-order valence-electron chi connectivity index (χ4n) is 2.16. The minimum absolute atomic E-state index is 0.127. The van der Waals surface area contributed by atoms with Gasteiger partial charge < -0.3 is 10.6 Å². The van der Waals surface area contributed by atoms with E-state index in [1.807, 2.05) is 31.2 Å². The van der Waals surface area contributed by atoms with Crippen LogP contribution in [0.1, 0.15) is 20.9 Å². The molecular formula is C19H17FN4O2S2. The molecule has 0 unspecified atom stereocenters. The van der Waals surface area contributed by atoms with Crippen LogP contribution in [0.5, 0.6) is 0 Å². The zero-order chi connectivity index (χ0) is 19.9. The second-order valence-corrected chi connectivity index (χ2v) is 8.09. The van der Waals surface area contributed by atoms with Gasteiger partial charge in [-0.05, 0) is 36.8 Å². The van der Waals surface area contributed by atoms with Crippen LogP contribution < -0.4 is 10.6 Å². The summed E-state index contributed by atoms with van der Waals surface area (Å²) >= 11 is 2.31. The first kappa shape index (κ1) is 20.0. The van der Waals surface area contributed by atoms with Crippen LogP contribution in [0.25, 0.3) is 0 Å². The number of benzene rings is 2. The molecule has 3 rings (SSSR count). The molecule has 0 bridgehead atoms. The SMILES string of the molecule is Cc1ccc(CNC(=O)CSc2nnc(C(=O)Nc3ccc(F)cc3)s2)cc1. The number of amides is 2. The molecular weight excluding hydrogens is 399 g/mol. The molecule has 2 aromatic carbocycles. The van der Waals surface area contributed by atoms with Crippen molar-refractivity contribution in [3.63, 3.8) is 0 Å². The predicted molar refractivity (Wildman–Crippen MR) is 108 cm³/mol. The molecule has 3 aromatic rings. The summed E-state index contributed by atoms with van der Waals surface area (Å²) in [5.41, 5.74) is 2.66. The van der Waals surface area contributed by atoms with Crippen LogP contribution in [0, 0.1) is 12.7 Å². The maximum atomic E-state index is 12.9. The van der Waals surface area contributed by atoms with Gasteiger partial charge in [-0.3, -0.25) is 9.59 Å². The Morgan fingerprint density at radius 1 is 1.07 bits per heavy atom. The fraction of sp³-hybridized carbons (Fsp3) is 0.158. The van der Waals surface area contributed by atoms with Crippen molar-refractivity contribution >= 4 is 40.6 Å². The normalized spacial score (nSPS) is 10.5. The average Bonchev–Trinajstić information content (AvgIpc) is 3.17. The van der Waals surface area contributed by atoms with Gasteiger partial charge >= 0.3 is 0 Å². The number of halogens is 1. The monoisotopic (exact) mass is 416 g/mol. The summed E-state index contributed by atoms with van der Waals surface area (Å²) in [5, 5.41) is 13.4. The molecule has 1 heterocycles. The number of rotatable bonds is 7. The molecule has 0 aliphatic rings. The third-order valence-corrected chi connectivity index (χ3v) is 5.70. The summed E-state index contributed by atoms with van der Waals surface area (Å²) in [5.74, 6) is -0.758. The number of thioether (sulfide) groups is 1. The summed E-state index contributed by atoms with van der Waals surface area (Å²) < 4.78 is 13.4. The maximum absolute atomic E-state index is 12.9. The van der Waals surface area contributed by atoms with Crippen LogP contribution in [-0.4, -0.2) is 27.8 Å². The summed E-state index contributed by atoms with van der Waals surface area (Å²) in [7, 11) is 0. The van der Waals surface area contributed by atoms with Crippen LogP contribution in [0.2, 0.25) is 0 Å². The quantitative estimate of drug-likeness (QED) is 0.575. The largest absolute Gasteiger partial charge is 0.351 e. The minimum atomic E-state index is -0.431. The zero-order valence-corrected chi connectivity index (χ0v) is 16.6. The summed E-state index contributed by atoms with van der Waals surface area (Å²) in [4.78, 5) is 24.1. The highest BCUT2D eigenvalue weighted by Crippen LogP contribution is 2.23. The van der Waals surface area contributed by atoms with Gasteiger partial charge in [-0.2, -0.15) is 0 Å². The number of nitrogens with one attached hydrogen (secondary N) is 2. The second-order valence-electron chi connectivity index (χ2n) is 5.89. The average molecular weight is 417 g/mol. The summed E-state index contributed by atoms with van der Waals surface area (Å²) in [6, 6.07) is 13.4. The third kappa shape index (κ3) is 5.86. The minimum Gasteiger partial charge on any atom is -0.351 e. The molecule has 2 amide bonds. The predicted octanol–water partition coefficient (Wildman–Crippen LogP) is 3.65. The molecule has 0 aliphatic carbocycles. The third-order valence-electron chi connectivity index (χ3n) is 3.64. The van der Waals surface area contributed by atoms with Gasteiger partial charge in [-0.1, -0.05) is 52.9 Å². The fourth-order valence-corrected chi connectivity index (χ4v) is 3.74. The van der Waals surface area contributed by atoms with Crippen LogP contribution in [0.3, 0.4) is 0 Å². The highest BCUT2D eigenvalue weighted by Gasteiger charge is 2.14. The number of nitrogens with zero attached hydrogens (tertiary/aromatic N) is 2. The number of anilines is 1. The molecule has 0 aliphatic heterocycles. The van der Waals surface area contributed by atoms with Crippen molar-refractivity contribution < 1.29 is 14.0 Å². The van der Waals surface area contributed by atoms with E-state index in [1.165, 1.54) is 41.6 Å². The highest BCUT2D eigenvalue weighted by atomic mass is 32.2. The Hall–Kier alpha value is -2.78. The number of carbonyl (C=O) groups is 2. The Balaban J connectivity index is 1.45. The van der Waals surface area contributed by atoms with E-state index in [4.69, 9.17) is 0 Å². The smallest absolute Gasteiger partial charge is 0.286 e. The van der Waals surface area contributed by atoms with E-state index in [0.717, 1.165) is 16.9 Å². The first-order valence-corrected chi connectivity index (χ1v) is 10.2. The van der Waals surface area contributed by atoms with Crippen molar-refractivity contribution in [2.45, 2.75) is 17.8 Å². The van der Waals surface area contributed by atoms with Gasteiger partial charge in [0.05, 0.1) is 5.75 Å². The molecule has 28 heavy (non-hydrogen) atoms. The standard InChI is InChI=1S/C19H17FN4O2S2/c1-12-2-4-13(5-3-12)10-21-16(25)11-27-19-24-23-18(28-19)17(26)22-15-8-6-14(20)7-9-15/h2-9H,10-11H2,1H3,(H,21,25)(H,22,26). The second kappa shape index (κ2) is 9.43. The van der Waals surface area contributed by atoms with Crippen molar-refractivity contribution in [2.75, 3.05) is 11.1 Å². The Labute approximate surface area is 169 Å². The van der Waals surface area contributed by atoms with Crippen LogP contribution in [-0.2, 0) is 11.3 Å². The Morgan fingerprint density at radius 3 is 2.50 bits per heavy atom. The number of carbonyl (C=O) groups excluding carboxylic acids is 2. The van der Waals surface area contributed by atoms with E-state index in [2.05, 4.69) is 20.8 Å². The molecule has 0 atom stereocenters. The van der Waals surface area contributed by atoms with E-state index >= 15 is 0 Å². The van der Waals surface area contributed by atoms with Crippen LogP contribution in [0.4, 0.5) is 10.1 Å². The van der Waals surface area contributed by atoms with Crippen molar-refractivity contribution in [2.24, 2.45) is 0 Å². The molecule has 144 valence electrons. The zero-order valence-electron chi connectivity index (χ0n) is 14.9. The Kier molecular flexibility index (Phi) is 6.72. The van der Waals surface area contributed by atoms with Gasteiger partial charge in [-0.25, -0.2) is 4.39 Å². The van der Waals surface area contributed by atoms with E-state index in [9.17, 15) is 14.0 Å².